The molecular formula is C32H31ClN6O3. The number of pyridine rings is 1. The molecule has 0 aliphatic carbocycles. The van der Waals surface area contributed by atoms with Crippen LogP contribution >= 0.6 is 11.6 Å². The molecule has 214 valence electrons. The molecule has 0 spiro atoms. The third-order valence-electron chi connectivity index (χ3n) is 8.14. The van der Waals surface area contributed by atoms with Crippen LogP contribution in [0.3, 0.4) is 0 Å². The van der Waals surface area contributed by atoms with Gasteiger partial charge in [0.1, 0.15) is 0 Å². The first kappa shape index (κ1) is 27.7. The van der Waals surface area contributed by atoms with Crippen molar-refractivity contribution in [2.75, 3.05) is 13.1 Å². The van der Waals surface area contributed by atoms with E-state index in [1.54, 1.807) is 23.4 Å². The lowest BCUT2D eigenvalue weighted by molar-refractivity contribution is -0.132. The van der Waals surface area contributed by atoms with Gasteiger partial charge in [-0.1, -0.05) is 38.1 Å². The second-order valence-corrected chi connectivity index (χ2v) is 11.7. The fraction of sp³-hybridized carbons (Fsp3) is 0.281. The maximum atomic E-state index is 14.1. The lowest BCUT2D eigenvalue weighted by atomic mass is 9.96. The number of fused-ring (bicyclic) bond motifs is 2. The number of carbonyl (C=O) groups is 1. The molecule has 1 N–H and O–H groups in total. The number of nitrogens with zero attached hydrogens (tertiary/aromatic N) is 5. The lowest BCUT2D eigenvalue weighted by Crippen LogP contribution is -2.52. The minimum Gasteiger partial charge on any atom is -0.338 e. The van der Waals surface area contributed by atoms with E-state index in [1.165, 1.54) is 15.2 Å². The Labute approximate surface area is 247 Å². The number of benzene rings is 2. The van der Waals surface area contributed by atoms with Crippen LogP contribution in [0.5, 0.6) is 0 Å². The van der Waals surface area contributed by atoms with Crippen LogP contribution in [0, 0.1) is 19.8 Å². The molecule has 0 saturated carbocycles. The Morgan fingerprint density at radius 2 is 1.88 bits per heavy atom. The standard InChI is InChI=1S/C32H31ClN6O3/c1-6-27(40)37-14-20(15-37)16-38-25-12-23(33)21(28-18(4)7-8-24-22(28)13-35-36-24)11-26(25)39(32(42)31(38)41)30-19(5)9-10-34-29(30)17(2)3/h6-13,17,20H,1,14-16H2,2-5H3,(H,35,36). The number of amides is 1. The van der Waals surface area contributed by atoms with E-state index >= 15 is 0 Å². The highest BCUT2D eigenvalue weighted by molar-refractivity contribution is 6.34. The SMILES string of the molecule is C=CC(=O)N1CC(Cn2c(=O)c(=O)n(-c3c(C)ccnc3C(C)C)c3cc(-c4c(C)ccc5[nH]ncc45)c(Cl)cc32)C1. The Bertz CT molecular complexity index is 2030. The van der Waals surface area contributed by atoms with Crippen molar-refractivity contribution in [3.63, 3.8) is 0 Å². The first-order valence-corrected chi connectivity index (χ1v) is 14.3. The van der Waals surface area contributed by atoms with Crippen molar-refractivity contribution in [2.24, 2.45) is 5.92 Å². The summed E-state index contributed by atoms with van der Waals surface area (Å²) in [4.78, 5) is 46.2. The molecule has 1 aliphatic heterocycles. The monoisotopic (exact) mass is 582 g/mol. The van der Waals surface area contributed by atoms with Gasteiger partial charge in [-0.15, -0.1) is 0 Å². The zero-order valence-corrected chi connectivity index (χ0v) is 24.7. The van der Waals surface area contributed by atoms with Crippen molar-refractivity contribution in [2.45, 2.75) is 40.2 Å². The Morgan fingerprint density at radius 1 is 1.12 bits per heavy atom. The van der Waals surface area contributed by atoms with E-state index in [9.17, 15) is 14.4 Å². The van der Waals surface area contributed by atoms with Crippen LogP contribution in [0.2, 0.25) is 5.02 Å². The number of aryl methyl sites for hydroxylation is 2. The van der Waals surface area contributed by atoms with Gasteiger partial charge in [0.25, 0.3) is 0 Å². The number of nitrogens with one attached hydrogen (secondary N) is 1. The van der Waals surface area contributed by atoms with Gasteiger partial charge in [0.2, 0.25) is 5.91 Å². The van der Waals surface area contributed by atoms with Gasteiger partial charge < -0.3 is 9.47 Å². The molecule has 3 aromatic heterocycles. The number of likely N-dealkylation sites (tertiary alicyclic amines) is 1. The number of aromatic amines is 1. The van der Waals surface area contributed by atoms with E-state index in [-0.39, 0.29) is 24.3 Å². The zero-order valence-electron chi connectivity index (χ0n) is 23.9. The molecule has 4 heterocycles. The number of halogens is 1. The van der Waals surface area contributed by atoms with Gasteiger partial charge in [-0.3, -0.25) is 29.0 Å². The van der Waals surface area contributed by atoms with Gasteiger partial charge >= 0.3 is 11.1 Å². The third kappa shape index (κ3) is 4.36. The largest absolute Gasteiger partial charge is 0.338 e. The predicted octanol–water partition coefficient (Wildman–Crippen LogP) is 5.13. The van der Waals surface area contributed by atoms with Crippen molar-refractivity contribution in [3.05, 3.63) is 97.9 Å². The Hall–Kier alpha value is -4.50. The number of H-pyrrole nitrogens is 1. The molecule has 1 aliphatic rings. The number of carbonyl (C=O) groups excluding carboxylic acids is 1. The highest BCUT2D eigenvalue weighted by Crippen LogP contribution is 2.38. The van der Waals surface area contributed by atoms with Crippen LogP contribution < -0.4 is 11.1 Å². The van der Waals surface area contributed by atoms with Crippen molar-refractivity contribution < 1.29 is 4.79 Å². The van der Waals surface area contributed by atoms with E-state index < -0.39 is 11.1 Å². The second kappa shape index (κ2) is 10.4. The van der Waals surface area contributed by atoms with E-state index in [2.05, 4.69) is 21.8 Å². The summed E-state index contributed by atoms with van der Waals surface area (Å²) in [6.07, 6.45) is 4.77. The van der Waals surface area contributed by atoms with Crippen LogP contribution in [0.15, 0.2) is 65.0 Å². The van der Waals surface area contributed by atoms with Crippen LogP contribution in [-0.2, 0) is 11.3 Å². The number of aromatic nitrogens is 5. The van der Waals surface area contributed by atoms with Gasteiger partial charge in [-0.05, 0) is 66.8 Å². The van der Waals surface area contributed by atoms with Crippen LogP contribution in [0.1, 0.15) is 36.6 Å². The second-order valence-electron chi connectivity index (χ2n) is 11.3. The highest BCUT2D eigenvalue weighted by Gasteiger charge is 2.31. The number of hydrogen-bond donors (Lipinski definition) is 1. The van der Waals surface area contributed by atoms with E-state index in [0.29, 0.717) is 34.8 Å². The van der Waals surface area contributed by atoms with Crippen LogP contribution in [0.25, 0.3) is 38.8 Å². The van der Waals surface area contributed by atoms with Crippen molar-refractivity contribution >= 4 is 39.4 Å². The van der Waals surface area contributed by atoms with Crippen LogP contribution in [0.4, 0.5) is 0 Å². The molecule has 1 saturated heterocycles. The Balaban J connectivity index is 1.66. The fourth-order valence-electron chi connectivity index (χ4n) is 5.99. The van der Waals surface area contributed by atoms with Gasteiger partial charge in [-0.25, -0.2) is 0 Å². The fourth-order valence-corrected chi connectivity index (χ4v) is 6.25. The maximum absolute atomic E-state index is 14.1. The molecule has 10 heteroatoms. The molecule has 0 atom stereocenters. The van der Waals surface area contributed by atoms with Crippen LogP contribution in [-0.4, -0.2) is 48.2 Å². The first-order valence-electron chi connectivity index (χ1n) is 13.9. The average Bonchev–Trinajstić information content (AvgIpc) is 3.41. The molecule has 2 aromatic carbocycles. The summed E-state index contributed by atoms with van der Waals surface area (Å²) in [6.45, 7) is 12.7. The summed E-state index contributed by atoms with van der Waals surface area (Å²) in [6, 6.07) is 9.48. The topological polar surface area (TPSA) is 106 Å². The minimum atomic E-state index is -0.662. The minimum absolute atomic E-state index is 0.00123. The highest BCUT2D eigenvalue weighted by atomic mass is 35.5. The zero-order chi connectivity index (χ0) is 29.9. The van der Waals surface area contributed by atoms with E-state index in [4.69, 9.17) is 11.6 Å². The number of rotatable bonds is 6. The summed E-state index contributed by atoms with van der Waals surface area (Å²) in [5.74, 6) is -0.137. The van der Waals surface area contributed by atoms with E-state index in [0.717, 1.165) is 38.9 Å². The molecule has 1 amide bonds. The normalized spacial score (nSPS) is 13.7. The van der Waals surface area contributed by atoms with Crippen molar-refractivity contribution in [1.29, 1.82) is 0 Å². The molecule has 0 radical (unpaired) electrons. The molecule has 0 bridgehead atoms. The molecular weight excluding hydrogens is 552 g/mol. The smallest absolute Gasteiger partial charge is 0.321 e. The first-order chi connectivity index (χ1) is 20.1. The van der Waals surface area contributed by atoms with Gasteiger partial charge in [0.05, 0.1) is 39.2 Å². The van der Waals surface area contributed by atoms with Crippen molar-refractivity contribution in [3.8, 4) is 16.8 Å². The summed E-state index contributed by atoms with van der Waals surface area (Å²) in [5, 5.41) is 8.60. The molecule has 6 rings (SSSR count). The van der Waals surface area contributed by atoms with Crippen molar-refractivity contribution in [1.82, 2.24) is 29.2 Å². The average molecular weight is 583 g/mol. The maximum Gasteiger partial charge on any atom is 0.321 e. The lowest BCUT2D eigenvalue weighted by Gasteiger charge is -2.39. The quantitative estimate of drug-likeness (QED) is 0.221. The summed E-state index contributed by atoms with van der Waals surface area (Å²) >= 11 is 7.01. The Morgan fingerprint density at radius 3 is 2.60 bits per heavy atom. The molecule has 0 unspecified atom stereocenters. The predicted molar refractivity (Wildman–Crippen MR) is 166 cm³/mol. The summed E-state index contributed by atoms with van der Waals surface area (Å²) < 4.78 is 3.01. The van der Waals surface area contributed by atoms with Gasteiger partial charge in [-0.2, -0.15) is 5.10 Å². The molecule has 42 heavy (non-hydrogen) atoms. The summed E-state index contributed by atoms with van der Waals surface area (Å²) in [5.41, 5.74) is 5.42. The molecule has 1 fully saturated rings. The molecule has 5 aromatic rings. The summed E-state index contributed by atoms with van der Waals surface area (Å²) in [7, 11) is 0. The number of hydrogen-bond acceptors (Lipinski definition) is 5. The Kier molecular flexibility index (Phi) is 6.85. The third-order valence-corrected chi connectivity index (χ3v) is 8.45. The van der Waals surface area contributed by atoms with E-state index in [1.807, 2.05) is 52.0 Å². The molecule has 9 nitrogen and oxygen atoms in total. The van der Waals surface area contributed by atoms with Gasteiger partial charge in [0.15, 0.2) is 0 Å². The van der Waals surface area contributed by atoms with Gasteiger partial charge in [0, 0.05) is 42.7 Å².